The standard InChI is InChI=1S/C15H23NO/c1-2-11-17-15-9-4-3-7-13(15)12-14-8-5-6-10-16-14/h3-4,7,9,14,16H,2,5-6,8,10-12H2,1H3. The van der Waals surface area contributed by atoms with Crippen molar-refractivity contribution in [1.82, 2.24) is 5.32 Å². The topological polar surface area (TPSA) is 21.3 Å². The number of piperidine rings is 1. The van der Waals surface area contributed by atoms with Gasteiger partial charge in [-0.05, 0) is 43.9 Å². The van der Waals surface area contributed by atoms with Crippen molar-refractivity contribution < 1.29 is 4.74 Å². The van der Waals surface area contributed by atoms with Crippen LogP contribution in [0.25, 0.3) is 0 Å². The monoisotopic (exact) mass is 233 g/mol. The van der Waals surface area contributed by atoms with Gasteiger partial charge in [-0.2, -0.15) is 0 Å². The predicted molar refractivity (Wildman–Crippen MR) is 71.6 cm³/mol. The molecule has 0 aliphatic carbocycles. The lowest BCUT2D eigenvalue weighted by Gasteiger charge is -2.24. The summed E-state index contributed by atoms with van der Waals surface area (Å²) < 4.78 is 5.80. The fraction of sp³-hybridized carbons (Fsp3) is 0.600. The maximum Gasteiger partial charge on any atom is 0.122 e. The third-order valence-electron chi connectivity index (χ3n) is 3.31. The highest BCUT2D eigenvalue weighted by Crippen LogP contribution is 2.22. The summed E-state index contributed by atoms with van der Waals surface area (Å²) in [6.07, 6.45) is 6.14. The minimum Gasteiger partial charge on any atom is -0.493 e. The lowest BCUT2D eigenvalue weighted by molar-refractivity contribution is 0.310. The Morgan fingerprint density at radius 3 is 2.94 bits per heavy atom. The lowest BCUT2D eigenvalue weighted by Crippen LogP contribution is -2.35. The van der Waals surface area contributed by atoms with Gasteiger partial charge in [0.2, 0.25) is 0 Å². The van der Waals surface area contributed by atoms with Gasteiger partial charge in [0.05, 0.1) is 6.61 Å². The summed E-state index contributed by atoms with van der Waals surface area (Å²) in [7, 11) is 0. The van der Waals surface area contributed by atoms with Gasteiger partial charge in [0, 0.05) is 6.04 Å². The Hall–Kier alpha value is -1.02. The maximum atomic E-state index is 5.80. The van der Waals surface area contributed by atoms with Crippen LogP contribution in [0.4, 0.5) is 0 Å². The summed E-state index contributed by atoms with van der Waals surface area (Å²) in [6.45, 7) is 4.13. The zero-order valence-corrected chi connectivity index (χ0v) is 10.7. The van der Waals surface area contributed by atoms with Crippen molar-refractivity contribution >= 4 is 0 Å². The number of para-hydroxylation sites is 1. The van der Waals surface area contributed by atoms with Gasteiger partial charge in [-0.3, -0.25) is 0 Å². The van der Waals surface area contributed by atoms with E-state index in [1.54, 1.807) is 0 Å². The fourth-order valence-corrected chi connectivity index (χ4v) is 2.39. The third kappa shape index (κ3) is 3.74. The first-order valence-corrected chi connectivity index (χ1v) is 6.84. The van der Waals surface area contributed by atoms with E-state index in [0.717, 1.165) is 25.2 Å². The molecule has 0 spiro atoms. The molecule has 1 aliphatic rings. The molecule has 0 bridgehead atoms. The zero-order chi connectivity index (χ0) is 11.9. The normalized spacial score (nSPS) is 20.2. The molecule has 1 aromatic carbocycles. The second-order valence-corrected chi connectivity index (χ2v) is 4.81. The molecule has 1 saturated heterocycles. The largest absolute Gasteiger partial charge is 0.493 e. The van der Waals surface area contributed by atoms with E-state index in [1.165, 1.54) is 31.4 Å². The maximum absolute atomic E-state index is 5.80. The molecule has 1 atom stereocenters. The first kappa shape index (κ1) is 12.4. The van der Waals surface area contributed by atoms with Gasteiger partial charge in [-0.1, -0.05) is 31.5 Å². The highest BCUT2D eigenvalue weighted by molar-refractivity contribution is 5.34. The fourth-order valence-electron chi connectivity index (χ4n) is 2.39. The molecule has 2 heteroatoms. The molecule has 1 N–H and O–H groups in total. The predicted octanol–water partition coefficient (Wildman–Crippen LogP) is 3.16. The number of nitrogens with one attached hydrogen (secondary N) is 1. The van der Waals surface area contributed by atoms with Crippen molar-refractivity contribution in [3.63, 3.8) is 0 Å². The Bertz CT molecular complexity index is 331. The molecule has 0 aromatic heterocycles. The Kier molecular flexibility index (Phi) is 4.87. The first-order chi connectivity index (χ1) is 8.40. The summed E-state index contributed by atoms with van der Waals surface area (Å²) in [5.74, 6) is 1.07. The van der Waals surface area contributed by atoms with Gasteiger partial charge in [-0.25, -0.2) is 0 Å². The number of ether oxygens (including phenoxy) is 1. The molecule has 2 rings (SSSR count). The van der Waals surface area contributed by atoms with Gasteiger partial charge in [-0.15, -0.1) is 0 Å². The highest BCUT2D eigenvalue weighted by atomic mass is 16.5. The number of benzene rings is 1. The van der Waals surface area contributed by atoms with E-state index in [2.05, 4.69) is 36.5 Å². The highest BCUT2D eigenvalue weighted by Gasteiger charge is 2.14. The third-order valence-corrected chi connectivity index (χ3v) is 3.31. The molecule has 1 aromatic rings. The number of rotatable bonds is 5. The van der Waals surface area contributed by atoms with Crippen molar-refractivity contribution in [2.75, 3.05) is 13.2 Å². The van der Waals surface area contributed by atoms with Gasteiger partial charge in [0.15, 0.2) is 0 Å². The Labute approximate surface area is 104 Å². The van der Waals surface area contributed by atoms with E-state index < -0.39 is 0 Å². The second kappa shape index (κ2) is 6.65. The Morgan fingerprint density at radius 2 is 2.18 bits per heavy atom. The van der Waals surface area contributed by atoms with Crippen LogP contribution in [0.2, 0.25) is 0 Å². The molecule has 1 heterocycles. The Morgan fingerprint density at radius 1 is 1.29 bits per heavy atom. The van der Waals surface area contributed by atoms with Crippen molar-refractivity contribution in [3.8, 4) is 5.75 Å². The van der Waals surface area contributed by atoms with Gasteiger partial charge in [0.25, 0.3) is 0 Å². The van der Waals surface area contributed by atoms with Gasteiger partial charge in [0.1, 0.15) is 5.75 Å². The van der Waals surface area contributed by atoms with Crippen molar-refractivity contribution in [2.24, 2.45) is 0 Å². The van der Waals surface area contributed by atoms with Crippen molar-refractivity contribution in [2.45, 2.75) is 45.1 Å². The lowest BCUT2D eigenvalue weighted by atomic mass is 9.97. The van der Waals surface area contributed by atoms with E-state index >= 15 is 0 Å². The van der Waals surface area contributed by atoms with Crippen LogP contribution in [0.5, 0.6) is 5.75 Å². The van der Waals surface area contributed by atoms with E-state index in [9.17, 15) is 0 Å². The summed E-state index contributed by atoms with van der Waals surface area (Å²) in [4.78, 5) is 0. The van der Waals surface area contributed by atoms with Crippen LogP contribution in [0.3, 0.4) is 0 Å². The van der Waals surface area contributed by atoms with Crippen LogP contribution in [-0.2, 0) is 6.42 Å². The molecule has 0 saturated carbocycles. The van der Waals surface area contributed by atoms with Crippen LogP contribution >= 0.6 is 0 Å². The van der Waals surface area contributed by atoms with E-state index in [-0.39, 0.29) is 0 Å². The minimum atomic E-state index is 0.634. The molecule has 0 radical (unpaired) electrons. The van der Waals surface area contributed by atoms with Crippen LogP contribution in [0.15, 0.2) is 24.3 Å². The molecule has 17 heavy (non-hydrogen) atoms. The second-order valence-electron chi connectivity index (χ2n) is 4.81. The molecule has 1 fully saturated rings. The molecule has 94 valence electrons. The molecule has 2 nitrogen and oxygen atoms in total. The Balaban J connectivity index is 1.98. The molecule has 1 aliphatic heterocycles. The molecular formula is C15H23NO. The average Bonchev–Trinajstić information content (AvgIpc) is 2.39. The smallest absolute Gasteiger partial charge is 0.122 e. The van der Waals surface area contributed by atoms with E-state index in [0.29, 0.717) is 6.04 Å². The van der Waals surface area contributed by atoms with Crippen molar-refractivity contribution in [1.29, 1.82) is 0 Å². The van der Waals surface area contributed by atoms with Gasteiger partial charge >= 0.3 is 0 Å². The molecule has 0 amide bonds. The average molecular weight is 233 g/mol. The van der Waals surface area contributed by atoms with Crippen LogP contribution < -0.4 is 10.1 Å². The SMILES string of the molecule is CCCOc1ccccc1CC1CCCCN1. The first-order valence-electron chi connectivity index (χ1n) is 6.84. The van der Waals surface area contributed by atoms with Crippen molar-refractivity contribution in [3.05, 3.63) is 29.8 Å². The summed E-state index contributed by atoms with van der Waals surface area (Å²) in [6, 6.07) is 9.09. The van der Waals surface area contributed by atoms with Gasteiger partial charge < -0.3 is 10.1 Å². The van der Waals surface area contributed by atoms with Crippen LogP contribution in [0, 0.1) is 0 Å². The van der Waals surface area contributed by atoms with E-state index in [4.69, 9.17) is 4.74 Å². The number of hydrogen-bond donors (Lipinski definition) is 1. The van der Waals surface area contributed by atoms with Crippen LogP contribution in [0.1, 0.15) is 38.2 Å². The quantitative estimate of drug-likeness (QED) is 0.843. The minimum absolute atomic E-state index is 0.634. The molecule has 1 unspecified atom stereocenters. The molecular weight excluding hydrogens is 210 g/mol. The summed E-state index contributed by atoms with van der Waals surface area (Å²) in [5, 5.41) is 3.60. The number of hydrogen-bond acceptors (Lipinski definition) is 2. The zero-order valence-electron chi connectivity index (χ0n) is 10.7. The summed E-state index contributed by atoms with van der Waals surface area (Å²) in [5.41, 5.74) is 1.35. The summed E-state index contributed by atoms with van der Waals surface area (Å²) >= 11 is 0. The van der Waals surface area contributed by atoms with E-state index in [1.807, 2.05) is 0 Å². The van der Waals surface area contributed by atoms with Crippen LogP contribution in [-0.4, -0.2) is 19.2 Å².